The third-order valence-electron chi connectivity index (χ3n) is 5.50. The number of ether oxygens (including phenoxy) is 1. The van der Waals surface area contributed by atoms with Gasteiger partial charge >= 0.3 is 0 Å². The molecule has 3 aromatic heterocycles. The predicted octanol–water partition coefficient (Wildman–Crippen LogP) is 2.00. The number of hydrogen-bond donors (Lipinski definition) is 1. The maximum absolute atomic E-state index is 13.4. The molecule has 2 atom stereocenters. The number of nitrogens with zero attached hydrogens (tertiary/aromatic N) is 6. The fourth-order valence-electron chi connectivity index (χ4n) is 3.75. The van der Waals surface area contributed by atoms with Crippen molar-refractivity contribution in [2.24, 2.45) is 0 Å². The summed E-state index contributed by atoms with van der Waals surface area (Å²) in [6, 6.07) is 8.94. The molecule has 2 unspecified atom stereocenters. The summed E-state index contributed by atoms with van der Waals surface area (Å²) in [5, 5.41) is 8.53. The summed E-state index contributed by atoms with van der Waals surface area (Å²) in [6.45, 7) is 5.93. The first kappa shape index (κ1) is 23.8. The number of nitrogens with one attached hydrogen (secondary N) is 1. The van der Waals surface area contributed by atoms with Gasteiger partial charge in [-0.25, -0.2) is 14.7 Å². The van der Waals surface area contributed by atoms with E-state index < -0.39 is 17.4 Å². The minimum atomic E-state index is -2.43. The van der Waals surface area contributed by atoms with Crippen molar-refractivity contribution < 1.29 is 13.5 Å². The van der Waals surface area contributed by atoms with Crippen molar-refractivity contribution in [1.29, 1.82) is 0 Å². The lowest BCUT2D eigenvalue weighted by molar-refractivity contribution is 0.107. The summed E-state index contributed by atoms with van der Waals surface area (Å²) < 4.78 is 32.9. The molecule has 0 saturated heterocycles. The first-order chi connectivity index (χ1) is 16.3. The van der Waals surface area contributed by atoms with E-state index in [1.54, 1.807) is 30.6 Å². The lowest BCUT2D eigenvalue weighted by Crippen LogP contribution is -2.25. The first-order valence-corrected chi connectivity index (χ1v) is 11.6. The third kappa shape index (κ3) is 4.66. The molecule has 0 amide bonds. The molecule has 34 heavy (non-hydrogen) atoms. The Morgan fingerprint density at radius 3 is 2.74 bits per heavy atom. The van der Waals surface area contributed by atoms with E-state index in [4.69, 9.17) is 4.74 Å². The molecule has 3 heterocycles. The standard InChI is InChI=1S/C22H25N7O4S/c1-13(2)28-12-24-27-21(28)17-6-5-7-20(26-17)29-11-23-18-8-14(3)15(9-16(18)22(29)30)19(33-4)10-25-34(31)32/h5-9,11-13,19,25H,10H2,1-4H3,(H,31,32)/p-1. The monoisotopic (exact) mass is 482 g/mol. The number of rotatable bonds is 8. The van der Waals surface area contributed by atoms with Crippen LogP contribution in [0.3, 0.4) is 0 Å². The zero-order valence-electron chi connectivity index (χ0n) is 19.1. The van der Waals surface area contributed by atoms with Crippen LogP contribution < -0.4 is 10.3 Å². The van der Waals surface area contributed by atoms with E-state index in [1.165, 1.54) is 18.0 Å². The van der Waals surface area contributed by atoms with E-state index in [0.717, 1.165) is 5.56 Å². The Labute approximate surface area is 198 Å². The highest BCUT2D eigenvalue weighted by Gasteiger charge is 2.17. The molecule has 1 aromatic carbocycles. The number of methoxy groups -OCH3 is 1. The van der Waals surface area contributed by atoms with Crippen LogP contribution >= 0.6 is 0 Å². The zero-order valence-corrected chi connectivity index (χ0v) is 19.9. The second kappa shape index (κ2) is 9.89. The zero-order chi connectivity index (χ0) is 24.4. The summed E-state index contributed by atoms with van der Waals surface area (Å²) in [5.41, 5.74) is 2.31. The molecule has 178 valence electrons. The molecule has 0 fully saturated rings. The molecule has 11 nitrogen and oxygen atoms in total. The van der Waals surface area contributed by atoms with Crippen LogP contribution in [0.5, 0.6) is 0 Å². The molecule has 0 aliphatic rings. The number of benzene rings is 1. The van der Waals surface area contributed by atoms with Gasteiger partial charge in [0, 0.05) is 31.0 Å². The van der Waals surface area contributed by atoms with Gasteiger partial charge in [-0.3, -0.25) is 13.6 Å². The minimum absolute atomic E-state index is 0.0353. The maximum atomic E-state index is 13.4. The minimum Gasteiger partial charge on any atom is -0.760 e. The SMILES string of the molecule is COC(CNS(=O)[O-])c1cc2c(=O)n(-c3cccc(-c4nncn4C(C)C)n3)cnc2cc1C. The van der Waals surface area contributed by atoms with Crippen LogP contribution in [-0.4, -0.2) is 51.7 Å². The number of pyridine rings is 1. The average Bonchev–Trinajstić information content (AvgIpc) is 3.31. The van der Waals surface area contributed by atoms with Crippen molar-refractivity contribution in [1.82, 2.24) is 34.0 Å². The molecule has 0 spiro atoms. The van der Waals surface area contributed by atoms with E-state index in [0.29, 0.717) is 33.8 Å². The molecule has 0 aliphatic carbocycles. The smallest absolute Gasteiger partial charge is 0.266 e. The van der Waals surface area contributed by atoms with Crippen molar-refractivity contribution in [2.45, 2.75) is 32.9 Å². The fourth-order valence-corrected chi connectivity index (χ4v) is 4.04. The fraction of sp³-hybridized carbons (Fsp3) is 0.318. The molecule has 4 aromatic rings. The van der Waals surface area contributed by atoms with Gasteiger partial charge in [-0.05, 0) is 56.2 Å². The summed E-state index contributed by atoms with van der Waals surface area (Å²) in [7, 11) is 1.48. The topological polar surface area (TPSA) is 140 Å². The van der Waals surface area contributed by atoms with Crippen molar-refractivity contribution in [3.05, 3.63) is 64.5 Å². The normalized spacial score (nSPS) is 13.5. The van der Waals surface area contributed by atoms with Gasteiger partial charge in [-0.2, -0.15) is 0 Å². The number of hydrogen-bond acceptors (Lipinski definition) is 8. The Hall–Kier alpha value is -3.32. The van der Waals surface area contributed by atoms with E-state index >= 15 is 0 Å². The van der Waals surface area contributed by atoms with Gasteiger partial charge < -0.3 is 13.9 Å². The van der Waals surface area contributed by atoms with Gasteiger partial charge in [0.25, 0.3) is 5.56 Å². The van der Waals surface area contributed by atoms with Gasteiger partial charge in [0.15, 0.2) is 5.82 Å². The Balaban J connectivity index is 1.80. The van der Waals surface area contributed by atoms with E-state index in [1.807, 2.05) is 31.4 Å². The van der Waals surface area contributed by atoms with Gasteiger partial charge in [-0.1, -0.05) is 6.07 Å². The Bertz CT molecular complexity index is 1420. The highest BCUT2D eigenvalue weighted by atomic mass is 32.2. The first-order valence-electron chi connectivity index (χ1n) is 10.5. The number of aryl methyl sites for hydroxylation is 1. The third-order valence-corrected chi connectivity index (χ3v) is 5.91. The van der Waals surface area contributed by atoms with Gasteiger partial charge in [0.2, 0.25) is 0 Å². The second-order valence-corrected chi connectivity index (χ2v) is 8.75. The largest absolute Gasteiger partial charge is 0.760 e. The molecule has 0 bridgehead atoms. The van der Waals surface area contributed by atoms with Gasteiger partial charge in [0.1, 0.15) is 24.2 Å². The molecule has 0 aliphatic heterocycles. The van der Waals surface area contributed by atoms with Crippen LogP contribution in [0.4, 0.5) is 0 Å². The van der Waals surface area contributed by atoms with Crippen LogP contribution in [0.15, 0.2) is 47.8 Å². The quantitative estimate of drug-likeness (QED) is 0.376. The molecular formula is C22H24N7O4S-. The van der Waals surface area contributed by atoms with E-state index in [9.17, 15) is 13.6 Å². The predicted molar refractivity (Wildman–Crippen MR) is 126 cm³/mol. The Morgan fingerprint density at radius 1 is 1.24 bits per heavy atom. The Morgan fingerprint density at radius 2 is 2.03 bits per heavy atom. The average molecular weight is 483 g/mol. The highest BCUT2D eigenvalue weighted by Crippen LogP contribution is 2.24. The summed E-state index contributed by atoms with van der Waals surface area (Å²) >= 11 is -2.43. The van der Waals surface area contributed by atoms with Crippen LogP contribution in [0.25, 0.3) is 28.2 Å². The molecule has 12 heteroatoms. The van der Waals surface area contributed by atoms with Crippen molar-refractivity contribution in [2.75, 3.05) is 13.7 Å². The van der Waals surface area contributed by atoms with Crippen molar-refractivity contribution in [3.8, 4) is 17.3 Å². The summed E-state index contributed by atoms with van der Waals surface area (Å²) in [5.74, 6) is 0.992. The Kier molecular flexibility index (Phi) is 6.93. The second-order valence-electron chi connectivity index (χ2n) is 7.99. The van der Waals surface area contributed by atoms with Crippen LogP contribution in [0.2, 0.25) is 0 Å². The van der Waals surface area contributed by atoms with Crippen molar-refractivity contribution in [3.63, 3.8) is 0 Å². The number of fused-ring (bicyclic) bond motifs is 1. The number of aromatic nitrogens is 6. The molecule has 0 radical (unpaired) electrons. The van der Waals surface area contributed by atoms with E-state index in [2.05, 4.69) is 24.9 Å². The molecule has 1 N–H and O–H groups in total. The van der Waals surface area contributed by atoms with Gasteiger partial charge in [0.05, 0.1) is 17.0 Å². The van der Waals surface area contributed by atoms with Crippen LogP contribution in [0.1, 0.15) is 37.1 Å². The molecule has 0 saturated carbocycles. The summed E-state index contributed by atoms with van der Waals surface area (Å²) in [6.07, 6.45) is 2.52. The van der Waals surface area contributed by atoms with E-state index in [-0.39, 0.29) is 18.1 Å². The summed E-state index contributed by atoms with van der Waals surface area (Å²) in [4.78, 5) is 22.5. The van der Waals surface area contributed by atoms with Crippen molar-refractivity contribution >= 4 is 22.2 Å². The lowest BCUT2D eigenvalue weighted by Gasteiger charge is -2.20. The molecule has 4 rings (SSSR count). The van der Waals surface area contributed by atoms with Gasteiger partial charge in [-0.15, -0.1) is 10.2 Å². The van der Waals surface area contributed by atoms with Crippen LogP contribution in [-0.2, 0) is 16.0 Å². The molecular weight excluding hydrogens is 458 g/mol. The maximum Gasteiger partial charge on any atom is 0.266 e. The highest BCUT2D eigenvalue weighted by molar-refractivity contribution is 7.77. The van der Waals surface area contributed by atoms with Crippen LogP contribution in [0, 0.1) is 6.92 Å². The lowest BCUT2D eigenvalue weighted by atomic mass is 10.0.